The fourth-order valence-corrected chi connectivity index (χ4v) is 7.92. The molecular weight excluding hydrogens is 705 g/mol. The van der Waals surface area contributed by atoms with Crippen molar-refractivity contribution in [3.05, 3.63) is 122 Å². The average Bonchev–Trinajstić information content (AvgIpc) is 3.08. The quantitative estimate of drug-likeness (QED) is 0.122. The highest BCUT2D eigenvalue weighted by atomic mass is 127. The Morgan fingerprint density at radius 1 is 0.872 bits per heavy atom. The van der Waals surface area contributed by atoms with Crippen molar-refractivity contribution in [1.82, 2.24) is 5.32 Å². The Bertz CT molecular complexity index is 1840. The zero-order valence-electron chi connectivity index (χ0n) is 26.2. The molecule has 3 heterocycles. The lowest BCUT2D eigenvalue weighted by Crippen LogP contribution is -2.54. The van der Waals surface area contributed by atoms with E-state index >= 15 is 0 Å². The maximum Gasteiger partial charge on any atom is 0.335 e. The monoisotopic (exact) mass is 739 g/mol. The van der Waals surface area contributed by atoms with Crippen LogP contribution in [0.2, 0.25) is 0 Å². The van der Waals surface area contributed by atoms with Crippen LogP contribution in [0.3, 0.4) is 0 Å². The number of nitrogens with zero attached hydrogens (tertiary/aromatic N) is 2. The average molecular weight is 740 g/mol. The lowest BCUT2D eigenvalue weighted by atomic mass is 9.76. The number of imide groups is 2. The van der Waals surface area contributed by atoms with E-state index in [-0.39, 0.29) is 17.4 Å². The third-order valence-electron chi connectivity index (χ3n) is 9.21. The number of hydrogen-bond donors (Lipinski definition) is 1. The summed E-state index contributed by atoms with van der Waals surface area (Å²) in [7, 11) is 1.54. The molecule has 3 aliphatic rings. The summed E-state index contributed by atoms with van der Waals surface area (Å²) < 4.78 is 12.1. The summed E-state index contributed by atoms with van der Waals surface area (Å²) in [5, 5.41) is 2.42. The summed E-state index contributed by atoms with van der Waals surface area (Å²) in [6.45, 7) is 4.20. The van der Waals surface area contributed by atoms with Gasteiger partial charge in [0.25, 0.3) is 11.8 Å². The number of urea groups is 1. The van der Waals surface area contributed by atoms with E-state index < -0.39 is 17.8 Å². The Kier molecular flexibility index (Phi) is 8.48. The molecule has 238 valence electrons. The van der Waals surface area contributed by atoms with Crippen molar-refractivity contribution in [2.75, 3.05) is 36.6 Å². The number of rotatable bonds is 7. The number of amides is 4. The van der Waals surface area contributed by atoms with Crippen LogP contribution in [0.4, 0.5) is 16.2 Å². The van der Waals surface area contributed by atoms with Crippen molar-refractivity contribution in [1.29, 1.82) is 0 Å². The van der Waals surface area contributed by atoms with Gasteiger partial charge in [-0.05, 0) is 101 Å². The van der Waals surface area contributed by atoms with Gasteiger partial charge in [-0.2, -0.15) is 0 Å². The molecule has 4 amide bonds. The molecular formula is C38H34IN3O5. The Hall–Kier alpha value is -4.64. The van der Waals surface area contributed by atoms with Gasteiger partial charge in [0.2, 0.25) is 0 Å². The van der Waals surface area contributed by atoms with Gasteiger partial charge in [0, 0.05) is 30.6 Å². The highest BCUT2D eigenvalue weighted by Crippen LogP contribution is 2.50. The van der Waals surface area contributed by atoms with E-state index in [0.717, 1.165) is 45.5 Å². The zero-order valence-corrected chi connectivity index (χ0v) is 28.3. The Labute approximate surface area is 287 Å². The van der Waals surface area contributed by atoms with E-state index in [1.807, 2.05) is 61.5 Å². The van der Waals surface area contributed by atoms with Crippen LogP contribution < -0.4 is 24.6 Å². The minimum Gasteiger partial charge on any atom is -0.493 e. The molecule has 4 aromatic carbocycles. The molecule has 3 aliphatic heterocycles. The summed E-state index contributed by atoms with van der Waals surface area (Å²) in [6.07, 6.45) is 3.33. The van der Waals surface area contributed by atoms with Crippen LogP contribution in [0.15, 0.2) is 90.5 Å². The fraction of sp³-hybridized carbons (Fsp3) is 0.237. The standard InChI is InChI=1S/C38H34IN3O5/c1-3-47-35-32(39)19-23(20-33(35)46-2)18-31-36(43)40-38(45)42(37(31)44)26-21-29-27(24-10-6-4-7-11-24)14-16-41-17-15-28(30(22-26)34(29)41)25-12-8-5-9-13-25/h4-13,18-22,27-28H,3,14-17H2,1-2H3,(H,40,43,45)/b31-18+/t27-,28+. The summed E-state index contributed by atoms with van der Waals surface area (Å²) in [5.41, 5.74) is 6.63. The molecule has 0 bridgehead atoms. The Balaban J connectivity index is 1.36. The van der Waals surface area contributed by atoms with E-state index in [9.17, 15) is 14.4 Å². The third kappa shape index (κ3) is 5.66. The molecule has 9 heteroatoms. The third-order valence-corrected chi connectivity index (χ3v) is 10.0. The number of ether oxygens (including phenoxy) is 2. The smallest absolute Gasteiger partial charge is 0.335 e. The van der Waals surface area contributed by atoms with Gasteiger partial charge in [0.1, 0.15) is 5.57 Å². The maximum atomic E-state index is 14.2. The van der Waals surface area contributed by atoms with Crippen LogP contribution in [0.5, 0.6) is 11.5 Å². The van der Waals surface area contributed by atoms with Crippen molar-refractivity contribution in [3.8, 4) is 11.5 Å². The first-order valence-corrected chi connectivity index (χ1v) is 16.9. The van der Waals surface area contributed by atoms with E-state index in [2.05, 4.69) is 57.1 Å². The van der Waals surface area contributed by atoms with Crippen LogP contribution in [-0.4, -0.2) is 44.7 Å². The largest absolute Gasteiger partial charge is 0.493 e. The Morgan fingerprint density at radius 3 is 2.02 bits per heavy atom. The summed E-state index contributed by atoms with van der Waals surface area (Å²) in [5.74, 6) is -0.160. The number of carbonyl (C=O) groups is 3. The van der Waals surface area contributed by atoms with E-state index in [1.54, 1.807) is 13.2 Å². The second kappa shape index (κ2) is 12.9. The molecule has 1 fully saturated rings. The van der Waals surface area contributed by atoms with Crippen LogP contribution in [0.1, 0.15) is 59.4 Å². The van der Waals surface area contributed by atoms with Crippen molar-refractivity contribution >= 4 is 57.9 Å². The van der Waals surface area contributed by atoms with E-state index in [0.29, 0.717) is 29.4 Å². The molecule has 0 saturated carbocycles. The van der Waals surface area contributed by atoms with Gasteiger partial charge in [-0.15, -0.1) is 0 Å². The van der Waals surface area contributed by atoms with E-state index in [1.165, 1.54) is 22.9 Å². The minimum absolute atomic E-state index is 0.0914. The van der Waals surface area contributed by atoms with Gasteiger partial charge >= 0.3 is 6.03 Å². The molecule has 0 unspecified atom stereocenters. The van der Waals surface area contributed by atoms with Gasteiger partial charge in [-0.25, -0.2) is 9.69 Å². The number of barbiturate groups is 1. The van der Waals surface area contributed by atoms with Crippen molar-refractivity contribution in [3.63, 3.8) is 0 Å². The molecule has 7 rings (SSSR count). The highest BCUT2D eigenvalue weighted by molar-refractivity contribution is 14.1. The molecule has 1 saturated heterocycles. The predicted molar refractivity (Wildman–Crippen MR) is 190 cm³/mol. The molecule has 8 nitrogen and oxygen atoms in total. The second-order valence-electron chi connectivity index (χ2n) is 11.9. The molecule has 2 atom stereocenters. The number of nitrogens with one attached hydrogen (secondary N) is 1. The van der Waals surface area contributed by atoms with Gasteiger partial charge in [-0.3, -0.25) is 14.9 Å². The summed E-state index contributed by atoms with van der Waals surface area (Å²) in [4.78, 5) is 44.5. The minimum atomic E-state index is -0.765. The second-order valence-corrected chi connectivity index (χ2v) is 13.1. The van der Waals surface area contributed by atoms with Crippen molar-refractivity contribution in [2.45, 2.75) is 31.6 Å². The number of methoxy groups -OCH3 is 1. The fourth-order valence-electron chi connectivity index (χ4n) is 7.13. The molecule has 0 spiro atoms. The topological polar surface area (TPSA) is 88.2 Å². The lowest BCUT2D eigenvalue weighted by molar-refractivity contribution is -0.122. The molecule has 0 radical (unpaired) electrons. The summed E-state index contributed by atoms with van der Waals surface area (Å²) in [6, 6.07) is 27.5. The summed E-state index contributed by atoms with van der Waals surface area (Å²) >= 11 is 2.14. The number of carbonyl (C=O) groups excluding carboxylic acids is 3. The number of benzene rings is 4. The number of anilines is 2. The van der Waals surface area contributed by atoms with Gasteiger partial charge in [-0.1, -0.05) is 60.7 Å². The van der Waals surface area contributed by atoms with Gasteiger partial charge < -0.3 is 14.4 Å². The lowest BCUT2D eigenvalue weighted by Gasteiger charge is -2.44. The van der Waals surface area contributed by atoms with Crippen LogP contribution in [0.25, 0.3) is 6.08 Å². The normalized spacial score (nSPS) is 19.8. The van der Waals surface area contributed by atoms with Crippen LogP contribution >= 0.6 is 22.6 Å². The van der Waals surface area contributed by atoms with Gasteiger partial charge in [0.05, 0.1) is 23.0 Å². The van der Waals surface area contributed by atoms with Crippen LogP contribution in [0, 0.1) is 3.57 Å². The molecule has 1 N–H and O–H groups in total. The number of hydrogen-bond acceptors (Lipinski definition) is 6. The first-order valence-electron chi connectivity index (χ1n) is 15.8. The Morgan fingerprint density at radius 2 is 1.47 bits per heavy atom. The molecule has 4 aromatic rings. The maximum absolute atomic E-state index is 14.2. The van der Waals surface area contributed by atoms with E-state index in [4.69, 9.17) is 9.47 Å². The molecule has 0 aliphatic carbocycles. The molecule has 47 heavy (non-hydrogen) atoms. The van der Waals surface area contributed by atoms with Crippen molar-refractivity contribution in [2.24, 2.45) is 0 Å². The SMILES string of the molecule is CCOc1c(I)cc(/C=C2\C(=O)NC(=O)N(c3cc4c5c(c3)[C@H](c3ccccc3)CCN5CC[C@@H]4c3ccccc3)C2=O)cc1OC. The highest BCUT2D eigenvalue weighted by Gasteiger charge is 2.40. The molecule has 0 aromatic heterocycles. The first-order chi connectivity index (χ1) is 22.9. The van der Waals surface area contributed by atoms with Crippen LogP contribution in [-0.2, 0) is 9.59 Å². The predicted octanol–water partition coefficient (Wildman–Crippen LogP) is 7.24. The number of halogens is 1. The first kappa shape index (κ1) is 31.0. The van der Waals surface area contributed by atoms with Crippen molar-refractivity contribution < 1.29 is 23.9 Å². The zero-order chi connectivity index (χ0) is 32.7. The van der Waals surface area contributed by atoms with Gasteiger partial charge in [0.15, 0.2) is 11.5 Å².